The molecule has 0 bridgehead atoms. The minimum Gasteiger partial charge on any atom is -0.332 e. The second-order valence-corrected chi connectivity index (χ2v) is 9.12. The maximum atomic E-state index is 12.6. The lowest BCUT2D eigenvalue weighted by Gasteiger charge is -2.16. The van der Waals surface area contributed by atoms with Gasteiger partial charge in [0, 0.05) is 15.9 Å². The monoisotopic (exact) mass is 421 g/mol. The second kappa shape index (κ2) is 7.97. The van der Waals surface area contributed by atoms with Gasteiger partial charge in [0.05, 0.1) is 0 Å². The lowest BCUT2D eigenvalue weighted by molar-refractivity contribution is -0.120. The summed E-state index contributed by atoms with van der Waals surface area (Å²) >= 11 is 7.31. The molecule has 3 N–H and O–H groups in total. The molecule has 1 heterocycles. The summed E-state index contributed by atoms with van der Waals surface area (Å²) in [6, 6.07) is 12.7. The Hall–Kier alpha value is -1.95. The van der Waals surface area contributed by atoms with Crippen molar-refractivity contribution in [1.29, 1.82) is 0 Å². The Balaban J connectivity index is 1.88. The van der Waals surface area contributed by atoms with Crippen molar-refractivity contribution in [2.45, 2.75) is 12.6 Å². The summed E-state index contributed by atoms with van der Waals surface area (Å²) < 4.78 is 12.9. The fourth-order valence-electron chi connectivity index (χ4n) is 2.68. The third-order valence-electron chi connectivity index (χ3n) is 4.02. The predicted molar refractivity (Wildman–Crippen MR) is 110 cm³/mol. The van der Waals surface area contributed by atoms with Gasteiger partial charge in [-0.2, -0.15) is 0 Å². The van der Waals surface area contributed by atoms with Crippen molar-refractivity contribution in [2.24, 2.45) is 0 Å². The number of carbonyl (C=O) groups is 1. The minimum atomic E-state index is -4.74. The van der Waals surface area contributed by atoms with E-state index in [0.717, 1.165) is 15.8 Å². The van der Waals surface area contributed by atoms with Gasteiger partial charge in [-0.25, -0.2) is 0 Å². The molecule has 5 nitrogen and oxygen atoms in total. The number of carbonyl (C=O) groups excluding carboxylic acids is 1. The number of halogens is 1. The summed E-state index contributed by atoms with van der Waals surface area (Å²) in [6.07, 6.45) is 3.05. The molecule has 2 aromatic carbocycles. The van der Waals surface area contributed by atoms with Crippen molar-refractivity contribution in [2.75, 3.05) is 0 Å². The van der Waals surface area contributed by atoms with Crippen molar-refractivity contribution in [3.8, 4) is 0 Å². The maximum Gasteiger partial charge on any atom is 0.342 e. The van der Waals surface area contributed by atoms with E-state index in [1.54, 1.807) is 29.7 Å². The van der Waals surface area contributed by atoms with Gasteiger partial charge in [-0.1, -0.05) is 41.4 Å². The number of hydrogen-bond donors (Lipinski definition) is 3. The Morgan fingerprint density at radius 2 is 1.93 bits per heavy atom. The molecule has 1 unspecified atom stereocenters. The first kappa shape index (κ1) is 19.8. The number of hydrogen-bond acceptors (Lipinski definition) is 3. The van der Waals surface area contributed by atoms with Crippen LogP contribution in [0.3, 0.4) is 0 Å². The third-order valence-corrected chi connectivity index (χ3v) is 6.43. The maximum absolute atomic E-state index is 12.6. The molecule has 27 heavy (non-hydrogen) atoms. The largest absolute Gasteiger partial charge is 0.342 e. The predicted octanol–water partition coefficient (Wildman–Crippen LogP) is 4.87. The molecule has 0 fully saturated rings. The number of fused-ring (bicyclic) bond motifs is 1. The van der Waals surface area contributed by atoms with Crippen LogP contribution in [0, 0.1) is 6.92 Å². The number of aryl methyl sites for hydroxylation is 1. The summed E-state index contributed by atoms with van der Waals surface area (Å²) in [7, 11) is -4.74. The molecule has 0 saturated heterocycles. The first-order chi connectivity index (χ1) is 12.8. The van der Waals surface area contributed by atoms with Crippen LogP contribution in [0.5, 0.6) is 0 Å². The van der Waals surface area contributed by atoms with Crippen molar-refractivity contribution >= 4 is 52.6 Å². The Bertz CT molecular complexity index is 1060. The number of nitrogens with one attached hydrogen (secondary N) is 1. The topological polar surface area (TPSA) is 86.6 Å². The van der Waals surface area contributed by atoms with Gasteiger partial charge in [0.1, 0.15) is 0 Å². The number of benzene rings is 2. The Morgan fingerprint density at radius 1 is 1.22 bits per heavy atom. The summed E-state index contributed by atoms with van der Waals surface area (Å²) in [4.78, 5) is 32.2. The summed E-state index contributed by atoms with van der Waals surface area (Å²) in [6.45, 7) is 1.97. The third kappa shape index (κ3) is 4.67. The number of thiophene rings is 1. The van der Waals surface area contributed by atoms with E-state index in [4.69, 9.17) is 11.6 Å². The molecule has 0 saturated carbocycles. The van der Waals surface area contributed by atoms with E-state index in [2.05, 4.69) is 5.32 Å². The van der Waals surface area contributed by atoms with Crippen LogP contribution < -0.4 is 5.32 Å². The van der Waals surface area contributed by atoms with Gasteiger partial charge in [0.15, 0.2) is 5.66 Å². The van der Waals surface area contributed by atoms with Crippen LogP contribution >= 0.6 is 30.5 Å². The van der Waals surface area contributed by atoms with Gasteiger partial charge in [-0.15, -0.1) is 11.3 Å². The lowest BCUT2D eigenvalue weighted by atomic mass is 10.1. The van der Waals surface area contributed by atoms with Gasteiger partial charge in [-0.3, -0.25) is 9.36 Å². The zero-order valence-corrected chi connectivity index (χ0v) is 16.8. The van der Waals surface area contributed by atoms with Crippen molar-refractivity contribution in [1.82, 2.24) is 5.32 Å². The zero-order chi connectivity index (χ0) is 19.6. The van der Waals surface area contributed by atoms with Crippen LogP contribution in [0.25, 0.3) is 16.2 Å². The first-order valence-electron chi connectivity index (χ1n) is 8.01. The van der Waals surface area contributed by atoms with Crippen LogP contribution in [0.4, 0.5) is 0 Å². The van der Waals surface area contributed by atoms with Crippen LogP contribution in [0.15, 0.2) is 54.0 Å². The van der Waals surface area contributed by atoms with E-state index in [1.807, 2.05) is 31.2 Å². The summed E-state index contributed by atoms with van der Waals surface area (Å²) in [5.41, 5.74) is 0.640. The molecule has 0 aliphatic heterocycles. The number of amides is 1. The molecule has 1 aromatic heterocycles. The molecular formula is C19H17ClNO4PS. The highest BCUT2D eigenvalue weighted by Crippen LogP contribution is 2.54. The first-order valence-corrected chi connectivity index (χ1v) is 10.9. The highest BCUT2D eigenvalue weighted by atomic mass is 35.5. The van der Waals surface area contributed by atoms with Gasteiger partial charge < -0.3 is 15.1 Å². The van der Waals surface area contributed by atoms with Gasteiger partial charge >= 0.3 is 7.60 Å². The van der Waals surface area contributed by atoms with E-state index < -0.39 is 19.2 Å². The Morgan fingerprint density at radius 3 is 2.59 bits per heavy atom. The average molecular weight is 422 g/mol. The SMILES string of the molecule is Cc1ccc(C=CNC(=O)C(c2csc3ccc(Cl)cc23)P(=O)(O)O)cc1. The standard InChI is InChI=1S/C19H17ClNO4PS/c1-12-2-4-13(5-3-12)8-9-21-19(22)18(26(23,24)25)16-11-27-17-7-6-14(20)10-15(16)17/h2-11,18H,1H3,(H,21,22)(H2,23,24,25). The van der Waals surface area contributed by atoms with Gasteiger partial charge in [0.25, 0.3) is 0 Å². The average Bonchev–Trinajstić information content (AvgIpc) is 2.98. The summed E-state index contributed by atoms with van der Waals surface area (Å²) in [5.74, 6) is -0.772. The van der Waals surface area contributed by atoms with E-state index >= 15 is 0 Å². The lowest BCUT2D eigenvalue weighted by Crippen LogP contribution is -2.25. The Kier molecular flexibility index (Phi) is 5.84. The molecule has 1 atom stereocenters. The zero-order valence-electron chi connectivity index (χ0n) is 14.3. The van der Waals surface area contributed by atoms with E-state index in [1.165, 1.54) is 17.5 Å². The van der Waals surface area contributed by atoms with Crippen molar-refractivity contribution < 1.29 is 19.1 Å². The molecule has 8 heteroatoms. The van der Waals surface area contributed by atoms with Gasteiger partial charge in [0.2, 0.25) is 5.91 Å². The fourth-order valence-corrected chi connectivity index (χ4v) is 4.88. The molecule has 0 radical (unpaired) electrons. The molecule has 0 aliphatic carbocycles. The smallest absolute Gasteiger partial charge is 0.332 e. The highest BCUT2D eigenvalue weighted by molar-refractivity contribution is 7.53. The Labute approximate surface area is 165 Å². The molecule has 3 aromatic rings. The number of rotatable bonds is 5. The molecule has 1 amide bonds. The van der Waals surface area contributed by atoms with Crippen LogP contribution in [-0.2, 0) is 9.36 Å². The molecule has 140 valence electrons. The second-order valence-electron chi connectivity index (χ2n) is 6.08. The normalized spacial score (nSPS) is 13.2. The van der Waals surface area contributed by atoms with E-state index in [-0.39, 0.29) is 5.56 Å². The highest BCUT2D eigenvalue weighted by Gasteiger charge is 2.38. The van der Waals surface area contributed by atoms with Crippen molar-refractivity contribution in [3.63, 3.8) is 0 Å². The van der Waals surface area contributed by atoms with Crippen molar-refractivity contribution in [3.05, 3.63) is 75.8 Å². The van der Waals surface area contributed by atoms with E-state index in [0.29, 0.717) is 10.4 Å². The van der Waals surface area contributed by atoms with Crippen LogP contribution in [0.2, 0.25) is 5.02 Å². The molecular weight excluding hydrogens is 405 g/mol. The minimum absolute atomic E-state index is 0.270. The fraction of sp³-hybridized carbons (Fsp3) is 0.105. The van der Waals surface area contributed by atoms with Crippen LogP contribution in [0.1, 0.15) is 22.3 Å². The molecule has 3 rings (SSSR count). The molecule has 0 spiro atoms. The van der Waals surface area contributed by atoms with E-state index in [9.17, 15) is 19.1 Å². The quantitative estimate of drug-likeness (QED) is 0.513. The summed E-state index contributed by atoms with van der Waals surface area (Å²) in [5, 5.41) is 5.08. The van der Waals surface area contributed by atoms with Gasteiger partial charge in [-0.05, 0) is 53.1 Å². The molecule has 0 aliphatic rings. The van der Waals surface area contributed by atoms with Crippen LogP contribution in [-0.4, -0.2) is 15.7 Å².